The Hall–Kier alpha value is -1.69. The fourth-order valence-corrected chi connectivity index (χ4v) is 6.84. The summed E-state index contributed by atoms with van der Waals surface area (Å²) in [6, 6.07) is 0. The third-order valence-electron chi connectivity index (χ3n) is 7.46. The van der Waals surface area contributed by atoms with Crippen LogP contribution in [0.5, 0.6) is 0 Å². The highest BCUT2D eigenvalue weighted by molar-refractivity contribution is 7.19. The number of rotatable bonds is 5. The summed E-state index contributed by atoms with van der Waals surface area (Å²) in [5.74, 6) is 3.10. The highest BCUT2D eigenvalue weighted by Crippen LogP contribution is 2.42. The zero-order chi connectivity index (χ0) is 21.2. The molecule has 0 N–H and O–H groups in total. The lowest BCUT2D eigenvalue weighted by atomic mass is 9.88. The summed E-state index contributed by atoms with van der Waals surface area (Å²) >= 11 is 1.93. The summed E-state index contributed by atoms with van der Waals surface area (Å²) in [7, 11) is 0. The molecule has 3 heterocycles. The van der Waals surface area contributed by atoms with E-state index < -0.39 is 0 Å². The minimum atomic E-state index is 0.324. The summed E-state index contributed by atoms with van der Waals surface area (Å²) in [5, 5.41) is 1.34. The van der Waals surface area contributed by atoms with E-state index in [1.807, 2.05) is 11.3 Å². The van der Waals surface area contributed by atoms with Crippen LogP contribution in [-0.2, 0) is 17.6 Å². The molecular weight excluding hydrogens is 404 g/mol. The van der Waals surface area contributed by atoms with Gasteiger partial charge >= 0.3 is 0 Å². The molecule has 168 valence electrons. The zero-order valence-electron chi connectivity index (χ0n) is 19.0. The average molecular weight is 441 g/mol. The van der Waals surface area contributed by atoms with Crippen LogP contribution in [0.15, 0.2) is 0 Å². The van der Waals surface area contributed by atoms with Crippen LogP contribution in [-0.4, -0.2) is 47.0 Å². The first kappa shape index (κ1) is 21.2. The molecule has 5 rings (SSSR count). The maximum atomic E-state index is 12.5. The predicted molar refractivity (Wildman–Crippen MR) is 128 cm³/mol. The number of thiophene rings is 1. The highest BCUT2D eigenvalue weighted by Gasteiger charge is 2.29. The van der Waals surface area contributed by atoms with Gasteiger partial charge in [-0.3, -0.25) is 4.79 Å². The maximum absolute atomic E-state index is 12.5. The van der Waals surface area contributed by atoms with E-state index in [-0.39, 0.29) is 0 Å². The number of hydrogen-bond acceptors (Lipinski definition) is 5. The van der Waals surface area contributed by atoms with Gasteiger partial charge in [-0.25, -0.2) is 9.97 Å². The van der Waals surface area contributed by atoms with Crippen LogP contribution in [0.4, 0.5) is 5.82 Å². The molecule has 3 aliphatic rings. The molecule has 6 heteroatoms. The molecule has 0 atom stereocenters. The summed E-state index contributed by atoms with van der Waals surface area (Å²) in [4.78, 5) is 30.2. The van der Waals surface area contributed by atoms with Gasteiger partial charge in [0.15, 0.2) is 0 Å². The largest absolute Gasteiger partial charge is 0.352 e. The Morgan fingerprint density at radius 3 is 2.55 bits per heavy atom. The highest BCUT2D eigenvalue weighted by atomic mass is 32.1. The van der Waals surface area contributed by atoms with Crippen LogP contribution in [0, 0.1) is 0 Å². The maximum Gasteiger partial charge on any atom is 0.222 e. The average Bonchev–Trinajstić information content (AvgIpc) is 3.21. The Bertz CT molecular complexity index is 925. The number of carbonyl (C=O) groups excluding carboxylic acids is 1. The number of piperazine rings is 1. The van der Waals surface area contributed by atoms with Crippen molar-refractivity contribution in [3.8, 4) is 0 Å². The number of amides is 1. The Morgan fingerprint density at radius 1 is 1.00 bits per heavy atom. The lowest BCUT2D eigenvalue weighted by molar-refractivity contribution is -0.131. The van der Waals surface area contributed by atoms with E-state index in [0.717, 1.165) is 44.8 Å². The molecule has 31 heavy (non-hydrogen) atoms. The second-order valence-electron chi connectivity index (χ2n) is 9.60. The van der Waals surface area contributed by atoms with Gasteiger partial charge in [-0.1, -0.05) is 32.6 Å². The first-order valence-electron chi connectivity index (χ1n) is 12.6. The first-order chi connectivity index (χ1) is 15.2. The summed E-state index contributed by atoms with van der Waals surface area (Å²) in [5.41, 5.74) is 1.53. The van der Waals surface area contributed by atoms with Crippen LogP contribution < -0.4 is 4.90 Å². The van der Waals surface area contributed by atoms with E-state index >= 15 is 0 Å². The van der Waals surface area contributed by atoms with E-state index in [0.29, 0.717) is 18.2 Å². The minimum absolute atomic E-state index is 0.324. The van der Waals surface area contributed by atoms with Crippen molar-refractivity contribution in [3.63, 3.8) is 0 Å². The number of hydrogen-bond donors (Lipinski definition) is 0. The normalized spacial score (nSPS) is 20.3. The van der Waals surface area contributed by atoms with Crippen molar-refractivity contribution in [1.29, 1.82) is 0 Å². The SMILES string of the molecule is CCCCC(=O)N1CCN(c2nc(C3CCCCC3)nc3sc4c(c23)CCCC4)CC1. The molecule has 2 aromatic heterocycles. The zero-order valence-corrected chi connectivity index (χ0v) is 19.8. The summed E-state index contributed by atoms with van der Waals surface area (Å²) in [6.07, 6.45) is 14.2. The standard InChI is InChI=1S/C25H36N4OS/c1-2-3-13-21(30)28-14-16-29(17-15-28)24-22-19-11-7-8-12-20(19)31-25(22)27-23(26-24)18-9-5-4-6-10-18/h18H,2-17H2,1H3. The fourth-order valence-electron chi connectivity index (χ4n) is 5.58. The molecule has 5 nitrogen and oxygen atoms in total. The Balaban J connectivity index is 1.45. The van der Waals surface area contributed by atoms with Crippen LogP contribution in [0.2, 0.25) is 0 Å². The third kappa shape index (κ3) is 4.33. The summed E-state index contributed by atoms with van der Waals surface area (Å²) < 4.78 is 0. The molecule has 1 saturated heterocycles. The van der Waals surface area contributed by atoms with E-state index in [1.54, 1.807) is 4.88 Å². The van der Waals surface area contributed by atoms with E-state index in [2.05, 4.69) is 16.7 Å². The molecule has 0 bridgehead atoms. The second kappa shape index (κ2) is 9.43. The van der Waals surface area contributed by atoms with Crippen LogP contribution in [0.1, 0.15) is 93.3 Å². The molecule has 1 aliphatic heterocycles. The van der Waals surface area contributed by atoms with Crippen LogP contribution in [0.25, 0.3) is 10.2 Å². The van der Waals surface area contributed by atoms with Crippen molar-refractivity contribution in [2.24, 2.45) is 0 Å². The quantitative estimate of drug-likeness (QED) is 0.620. The monoisotopic (exact) mass is 440 g/mol. The van der Waals surface area contributed by atoms with Gasteiger partial charge in [0.1, 0.15) is 16.5 Å². The molecule has 2 aliphatic carbocycles. The Labute approximate surface area is 190 Å². The van der Waals surface area contributed by atoms with Gasteiger partial charge in [-0.15, -0.1) is 11.3 Å². The van der Waals surface area contributed by atoms with E-state index in [1.165, 1.54) is 79.4 Å². The fraction of sp³-hybridized carbons (Fsp3) is 0.720. The lowest BCUT2D eigenvalue weighted by Gasteiger charge is -2.36. The Kier molecular flexibility index (Phi) is 6.44. The van der Waals surface area contributed by atoms with Crippen LogP contribution in [0.3, 0.4) is 0 Å². The third-order valence-corrected chi connectivity index (χ3v) is 8.64. The summed E-state index contributed by atoms with van der Waals surface area (Å²) in [6.45, 7) is 5.56. The predicted octanol–water partition coefficient (Wildman–Crippen LogP) is 5.46. The van der Waals surface area contributed by atoms with Gasteiger partial charge < -0.3 is 9.80 Å². The van der Waals surface area contributed by atoms with Gasteiger partial charge in [0.2, 0.25) is 5.91 Å². The number of aryl methyl sites for hydroxylation is 2. The number of aromatic nitrogens is 2. The van der Waals surface area contributed by atoms with Crippen molar-refractivity contribution in [1.82, 2.24) is 14.9 Å². The van der Waals surface area contributed by atoms with Crippen molar-refractivity contribution in [2.45, 2.75) is 89.9 Å². The van der Waals surface area contributed by atoms with Gasteiger partial charge in [0.05, 0.1) is 5.39 Å². The smallest absolute Gasteiger partial charge is 0.222 e. The van der Waals surface area contributed by atoms with Gasteiger partial charge in [0, 0.05) is 43.4 Å². The molecular formula is C25H36N4OS. The first-order valence-corrected chi connectivity index (χ1v) is 13.4. The molecule has 0 aromatic carbocycles. The topological polar surface area (TPSA) is 49.3 Å². The molecule has 0 unspecified atom stereocenters. The number of anilines is 1. The number of fused-ring (bicyclic) bond motifs is 3. The van der Waals surface area contributed by atoms with Crippen molar-refractivity contribution in [2.75, 3.05) is 31.1 Å². The molecule has 2 fully saturated rings. The lowest BCUT2D eigenvalue weighted by Crippen LogP contribution is -2.49. The van der Waals surface area contributed by atoms with E-state index in [9.17, 15) is 4.79 Å². The van der Waals surface area contributed by atoms with Crippen molar-refractivity contribution in [3.05, 3.63) is 16.3 Å². The number of unbranched alkanes of at least 4 members (excludes halogenated alkanes) is 1. The van der Waals surface area contributed by atoms with Crippen LogP contribution >= 0.6 is 11.3 Å². The van der Waals surface area contributed by atoms with Gasteiger partial charge in [-0.2, -0.15) is 0 Å². The number of carbonyl (C=O) groups is 1. The molecule has 1 saturated carbocycles. The molecule has 2 aromatic rings. The van der Waals surface area contributed by atoms with Crippen molar-refractivity contribution < 1.29 is 4.79 Å². The van der Waals surface area contributed by atoms with E-state index in [4.69, 9.17) is 9.97 Å². The molecule has 0 spiro atoms. The van der Waals surface area contributed by atoms with Gasteiger partial charge in [0.25, 0.3) is 0 Å². The molecule has 0 radical (unpaired) electrons. The second-order valence-corrected chi connectivity index (χ2v) is 10.7. The number of nitrogens with zero attached hydrogens (tertiary/aromatic N) is 4. The molecule has 1 amide bonds. The van der Waals surface area contributed by atoms with Gasteiger partial charge in [-0.05, 0) is 50.5 Å². The minimum Gasteiger partial charge on any atom is -0.352 e. The Morgan fingerprint density at radius 2 is 1.77 bits per heavy atom. The van der Waals surface area contributed by atoms with Crippen molar-refractivity contribution >= 4 is 33.3 Å².